The van der Waals surface area contributed by atoms with Crippen molar-refractivity contribution in [3.8, 4) is 0 Å². The Balaban J connectivity index is 2.24. The summed E-state index contributed by atoms with van der Waals surface area (Å²) in [5.41, 5.74) is 7.69. The number of carbonyl (C=O) groups is 1. The van der Waals surface area contributed by atoms with E-state index >= 15 is 0 Å². The van der Waals surface area contributed by atoms with Crippen molar-refractivity contribution in [3.05, 3.63) is 51.6 Å². The quantitative estimate of drug-likeness (QED) is 0.533. The second kappa shape index (κ2) is 5.95. The van der Waals surface area contributed by atoms with Crippen LogP contribution in [0, 0.1) is 3.57 Å². The van der Waals surface area contributed by atoms with Crippen molar-refractivity contribution in [2.45, 2.75) is 0 Å². The van der Waals surface area contributed by atoms with Crippen LogP contribution < -0.4 is 11.1 Å². The summed E-state index contributed by atoms with van der Waals surface area (Å²) in [7, 11) is 0. The number of aromatic nitrogens is 1. The van der Waals surface area contributed by atoms with Crippen LogP contribution in [0.4, 0.5) is 0 Å². The van der Waals surface area contributed by atoms with Crippen LogP contribution in [0.2, 0.25) is 0 Å². The Morgan fingerprint density at radius 2 is 2.00 bits per heavy atom. The summed E-state index contributed by atoms with van der Waals surface area (Å²) in [5, 5.41) is 4.85. The third-order valence-corrected chi connectivity index (χ3v) is 4.19. The van der Waals surface area contributed by atoms with E-state index in [9.17, 15) is 4.79 Å². The van der Waals surface area contributed by atoms with Crippen LogP contribution in [0.1, 0.15) is 10.4 Å². The van der Waals surface area contributed by atoms with Crippen LogP contribution >= 0.6 is 22.6 Å². The van der Waals surface area contributed by atoms with E-state index in [1.807, 2.05) is 36.4 Å². The third-order valence-electron chi connectivity index (χ3n) is 3.30. The number of para-hydroxylation sites is 1. The smallest absolute Gasteiger partial charge is 0.254 e. The van der Waals surface area contributed by atoms with E-state index in [2.05, 4.69) is 39.0 Å². The molecule has 1 heterocycles. The van der Waals surface area contributed by atoms with Crippen LogP contribution in [0.15, 0.2) is 42.5 Å². The first-order valence-corrected chi connectivity index (χ1v) is 7.75. The van der Waals surface area contributed by atoms with Gasteiger partial charge in [0.25, 0.3) is 5.91 Å². The van der Waals surface area contributed by atoms with Crippen LogP contribution in [0.25, 0.3) is 21.8 Å². The van der Waals surface area contributed by atoms with Crippen molar-refractivity contribution in [2.24, 2.45) is 5.73 Å². The minimum atomic E-state index is -0.127. The zero-order valence-electron chi connectivity index (χ0n) is 11.3. The van der Waals surface area contributed by atoms with Gasteiger partial charge in [-0.3, -0.25) is 4.79 Å². The minimum Gasteiger partial charge on any atom is -0.351 e. The Morgan fingerprint density at radius 1 is 1.19 bits per heavy atom. The summed E-state index contributed by atoms with van der Waals surface area (Å²) >= 11 is 2.17. The third kappa shape index (κ3) is 2.71. The number of nitrogens with two attached hydrogens (primary N) is 1. The molecule has 0 aliphatic heterocycles. The normalized spacial score (nSPS) is 11.0. The van der Waals surface area contributed by atoms with Crippen molar-refractivity contribution < 1.29 is 4.79 Å². The molecule has 2 aromatic carbocycles. The number of carbonyl (C=O) groups excluding carboxylic acids is 1. The van der Waals surface area contributed by atoms with Crippen LogP contribution in [-0.2, 0) is 0 Å². The number of rotatable bonds is 3. The number of nitrogens with one attached hydrogen (secondary N) is 1. The predicted octanol–water partition coefficient (Wildman–Crippen LogP) is 2.68. The highest BCUT2D eigenvalue weighted by Crippen LogP contribution is 2.25. The fourth-order valence-electron chi connectivity index (χ4n) is 2.31. The highest BCUT2D eigenvalue weighted by molar-refractivity contribution is 14.1. The lowest BCUT2D eigenvalue weighted by Crippen LogP contribution is -2.29. The number of hydrogen-bond donors (Lipinski definition) is 2. The van der Waals surface area contributed by atoms with Crippen LogP contribution in [-0.4, -0.2) is 24.0 Å². The standard InChI is InChI=1S/C16H14IN3O/c17-12-6-5-11-9-10-3-1-2-4-13(10)20-15(11)14(12)16(21)19-8-7-18/h1-6,9H,7-8,18H2,(H,19,21). The lowest BCUT2D eigenvalue weighted by molar-refractivity contribution is 0.0955. The molecule has 21 heavy (non-hydrogen) atoms. The van der Waals surface area contributed by atoms with Gasteiger partial charge in [-0.25, -0.2) is 4.98 Å². The molecule has 0 spiro atoms. The number of benzene rings is 2. The average molecular weight is 391 g/mol. The van der Waals surface area contributed by atoms with Crippen LogP contribution in [0.3, 0.4) is 0 Å². The molecule has 5 heteroatoms. The average Bonchev–Trinajstić information content (AvgIpc) is 2.50. The van der Waals surface area contributed by atoms with E-state index in [1.54, 1.807) is 0 Å². The van der Waals surface area contributed by atoms with Gasteiger partial charge in [0.15, 0.2) is 0 Å². The van der Waals surface area contributed by atoms with Gasteiger partial charge in [0.1, 0.15) is 0 Å². The number of pyridine rings is 1. The lowest BCUT2D eigenvalue weighted by Gasteiger charge is -2.10. The molecule has 0 saturated carbocycles. The molecule has 4 nitrogen and oxygen atoms in total. The first-order valence-electron chi connectivity index (χ1n) is 6.67. The lowest BCUT2D eigenvalue weighted by atomic mass is 10.1. The Kier molecular flexibility index (Phi) is 4.03. The SMILES string of the molecule is NCCNC(=O)c1c(I)ccc2cc3ccccc3nc12. The highest BCUT2D eigenvalue weighted by atomic mass is 127. The molecule has 0 atom stereocenters. The number of amides is 1. The summed E-state index contributed by atoms with van der Waals surface area (Å²) in [6, 6.07) is 13.9. The number of hydrogen-bond acceptors (Lipinski definition) is 3. The van der Waals surface area contributed by atoms with E-state index in [1.165, 1.54) is 0 Å². The van der Waals surface area contributed by atoms with Crippen molar-refractivity contribution >= 4 is 50.3 Å². The van der Waals surface area contributed by atoms with Crippen LogP contribution in [0.5, 0.6) is 0 Å². The van der Waals surface area contributed by atoms with E-state index in [-0.39, 0.29) is 5.91 Å². The molecule has 0 aliphatic carbocycles. The van der Waals surface area contributed by atoms with E-state index < -0.39 is 0 Å². The van der Waals surface area contributed by atoms with Crippen molar-refractivity contribution in [1.29, 1.82) is 0 Å². The van der Waals surface area contributed by atoms with Crippen molar-refractivity contribution in [2.75, 3.05) is 13.1 Å². The van der Waals surface area contributed by atoms with Gasteiger partial charge in [-0.1, -0.05) is 24.3 Å². The van der Waals surface area contributed by atoms with Crippen molar-refractivity contribution in [3.63, 3.8) is 0 Å². The van der Waals surface area contributed by atoms with Gasteiger partial charge < -0.3 is 11.1 Å². The van der Waals surface area contributed by atoms with E-state index in [0.717, 1.165) is 25.4 Å². The molecule has 1 amide bonds. The molecular formula is C16H14IN3O. The monoisotopic (exact) mass is 391 g/mol. The Hall–Kier alpha value is -1.73. The molecule has 3 N–H and O–H groups in total. The summed E-state index contributed by atoms with van der Waals surface area (Å²) in [6.45, 7) is 0.877. The summed E-state index contributed by atoms with van der Waals surface area (Å²) < 4.78 is 0.886. The molecule has 0 radical (unpaired) electrons. The highest BCUT2D eigenvalue weighted by Gasteiger charge is 2.15. The molecule has 0 fully saturated rings. The molecule has 3 aromatic rings. The van der Waals surface area contributed by atoms with Gasteiger partial charge in [-0.15, -0.1) is 0 Å². The zero-order valence-corrected chi connectivity index (χ0v) is 13.4. The molecule has 0 unspecified atom stereocenters. The second-order valence-corrected chi connectivity index (χ2v) is 5.88. The topological polar surface area (TPSA) is 68.0 Å². The summed E-state index contributed by atoms with van der Waals surface area (Å²) in [6.07, 6.45) is 0. The Morgan fingerprint density at radius 3 is 2.81 bits per heavy atom. The van der Waals surface area contributed by atoms with E-state index in [0.29, 0.717) is 18.7 Å². The minimum absolute atomic E-state index is 0.127. The fourth-order valence-corrected chi connectivity index (χ4v) is 2.99. The molecule has 106 valence electrons. The molecule has 3 rings (SSSR count). The molecule has 1 aromatic heterocycles. The number of fused-ring (bicyclic) bond motifs is 2. The maximum absolute atomic E-state index is 12.4. The first-order chi connectivity index (χ1) is 10.2. The van der Waals surface area contributed by atoms with E-state index in [4.69, 9.17) is 5.73 Å². The first kappa shape index (κ1) is 14.2. The molecular weight excluding hydrogens is 377 g/mol. The second-order valence-electron chi connectivity index (χ2n) is 4.72. The van der Waals surface area contributed by atoms with Gasteiger partial charge in [0.2, 0.25) is 0 Å². The summed E-state index contributed by atoms with van der Waals surface area (Å²) in [4.78, 5) is 17.0. The summed E-state index contributed by atoms with van der Waals surface area (Å²) in [5.74, 6) is -0.127. The van der Waals surface area contributed by atoms with Gasteiger partial charge in [0.05, 0.1) is 16.6 Å². The van der Waals surface area contributed by atoms with Crippen molar-refractivity contribution in [1.82, 2.24) is 10.3 Å². The van der Waals surface area contributed by atoms with Gasteiger partial charge in [0, 0.05) is 27.4 Å². The maximum atomic E-state index is 12.4. The molecule has 0 bridgehead atoms. The van der Waals surface area contributed by atoms with Gasteiger partial charge in [-0.05, 0) is 40.8 Å². The molecule has 0 aliphatic rings. The maximum Gasteiger partial charge on any atom is 0.254 e. The fraction of sp³-hybridized carbons (Fsp3) is 0.125. The number of nitrogens with zero attached hydrogens (tertiary/aromatic N) is 1. The van der Waals surface area contributed by atoms with Gasteiger partial charge in [-0.2, -0.15) is 0 Å². The van der Waals surface area contributed by atoms with Gasteiger partial charge >= 0.3 is 0 Å². The Labute approximate surface area is 135 Å². The predicted molar refractivity (Wildman–Crippen MR) is 93.4 cm³/mol. The zero-order chi connectivity index (χ0) is 14.8. The Bertz CT molecular complexity index is 832. The number of halogens is 1. The largest absolute Gasteiger partial charge is 0.351 e. The molecule has 0 saturated heterocycles.